The number of nitrogens with one attached hydrogen (secondary N) is 1. The maximum atomic E-state index is 11.2. The van der Waals surface area contributed by atoms with Crippen LogP contribution in [-0.2, 0) is 0 Å². The molecule has 0 saturated heterocycles. The highest BCUT2D eigenvalue weighted by molar-refractivity contribution is 5.59. The molecule has 1 aromatic heterocycles. The molecule has 1 fully saturated rings. The minimum absolute atomic E-state index is 0.0302. The second-order valence-corrected chi connectivity index (χ2v) is 5.73. The molecular weight excluding hydrogens is 270 g/mol. The van der Waals surface area contributed by atoms with Gasteiger partial charge < -0.3 is 10.2 Å². The predicted octanol–water partition coefficient (Wildman–Crippen LogP) is 2.83. The first-order valence-corrected chi connectivity index (χ1v) is 7.51. The zero-order valence-corrected chi connectivity index (χ0v) is 12.9. The molecule has 2 atom stereocenters. The lowest BCUT2D eigenvalue weighted by Gasteiger charge is -2.34. The van der Waals surface area contributed by atoms with Crippen LogP contribution in [-0.4, -0.2) is 34.5 Å². The third kappa shape index (κ3) is 3.59. The molecule has 21 heavy (non-hydrogen) atoms. The van der Waals surface area contributed by atoms with E-state index >= 15 is 0 Å². The summed E-state index contributed by atoms with van der Waals surface area (Å²) in [6, 6.07) is 0.303. The Bertz CT molecular complexity index is 508. The molecule has 1 N–H and O–H groups in total. The molecule has 0 amide bonds. The van der Waals surface area contributed by atoms with Crippen LogP contribution in [0.1, 0.15) is 39.5 Å². The van der Waals surface area contributed by atoms with Crippen molar-refractivity contribution < 1.29 is 4.92 Å². The standard InChI is InChI=1S/C14H23N5O2/c1-4-15-14-16-9-12(19(20)21)13(17-14)18(3)11-7-5-6-10(2)8-11/h9-11H,4-8H2,1-3H3,(H,15,16,17). The van der Waals surface area contributed by atoms with Gasteiger partial charge in [0.05, 0.1) is 4.92 Å². The first-order chi connectivity index (χ1) is 10.0. The molecule has 1 heterocycles. The highest BCUT2D eigenvalue weighted by atomic mass is 16.6. The molecule has 0 bridgehead atoms. The van der Waals surface area contributed by atoms with Crippen molar-refractivity contribution in [1.82, 2.24) is 9.97 Å². The number of nitrogens with zero attached hydrogens (tertiary/aromatic N) is 4. The number of aromatic nitrogens is 2. The Hall–Kier alpha value is -1.92. The van der Waals surface area contributed by atoms with E-state index in [1.165, 1.54) is 12.6 Å². The average molecular weight is 293 g/mol. The van der Waals surface area contributed by atoms with Gasteiger partial charge in [-0.25, -0.2) is 4.98 Å². The van der Waals surface area contributed by atoms with Crippen LogP contribution in [0.4, 0.5) is 17.5 Å². The van der Waals surface area contributed by atoms with E-state index in [1.54, 1.807) is 0 Å². The fraction of sp³-hybridized carbons (Fsp3) is 0.714. The molecule has 1 aliphatic carbocycles. The lowest BCUT2D eigenvalue weighted by Crippen LogP contribution is -2.36. The van der Waals surface area contributed by atoms with E-state index in [2.05, 4.69) is 22.2 Å². The summed E-state index contributed by atoms with van der Waals surface area (Å²) in [4.78, 5) is 21.1. The Morgan fingerprint density at radius 1 is 1.52 bits per heavy atom. The summed E-state index contributed by atoms with van der Waals surface area (Å²) in [5.74, 6) is 1.50. The van der Waals surface area contributed by atoms with Crippen molar-refractivity contribution in [2.24, 2.45) is 5.92 Å². The molecule has 0 radical (unpaired) electrons. The van der Waals surface area contributed by atoms with Gasteiger partial charge in [-0.05, 0) is 25.7 Å². The summed E-state index contributed by atoms with van der Waals surface area (Å²) >= 11 is 0. The van der Waals surface area contributed by atoms with Crippen LogP contribution in [0, 0.1) is 16.0 Å². The van der Waals surface area contributed by atoms with Crippen LogP contribution in [0.2, 0.25) is 0 Å². The Kier molecular flexibility index (Phi) is 4.93. The summed E-state index contributed by atoms with van der Waals surface area (Å²) < 4.78 is 0. The van der Waals surface area contributed by atoms with E-state index in [0.717, 1.165) is 19.3 Å². The van der Waals surface area contributed by atoms with Gasteiger partial charge in [0.2, 0.25) is 11.8 Å². The van der Waals surface area contributed by atoms with Gasteiger partial charge in [-0.15, -0.1) is 0 Å². The molecule has 1 aliphatic rings. The van der Waals surface area contributed by atoms with Crippen molar-refractivity contribution in [1.29, 1.82) is 0 Å². The second kappa shape index (κ2) is 6.69. The largest absolute Gasteiger partial charge is 0.354 e. The fourth-order valence-corrected chi connectivity index (χ4v) is 2.92. The summed E-state index contributed by atoms with van der Waals surface area (Å²) in [6.07, 6.45) is 5.80. The van der Waals surface area contributed by atoms with Gasteiger partial charge >= 0.3 is 5.69 Å². The van der Waals surface area contributed by atoms with Crippen LogP contribution in [0.3, 0.4) is 0 Å². The lowest BCUT2D eigenvalue weighted by molar-refractivity contribution is -0.384. The molecule has 7 nitrogen and oxygen atoms in total. The first-order valence-electron chi connectivity index (χ1n) is 7.51. The maximum Gasteiger partial charge on any atom is 0.329 e. The number of hydrogen-bond acceptors (Lipinski definition) is 6. The van der Waals surface area contributed by atoms with Crippen LogP contribution in [0.15, 0.2) is 6.20 Å². The minimum atomic E-state index is -0.409. The van der Waals surface area contributed by atoms with Crippen molar-refractivity contribution >= 4 is 17.5 Å². The molecule has 7 heteroatoms. The maximum absolute atomic E-state index is 11.2. The second-order valence-electron chi connectivity index (χ2n) is 5.73. The zero-order valence-electron chi connectivity index (χ0n) is 12.9. The molecule has 2 rings (SSSR count). The van der Waals surface area contributed by atoms with Crippen LogP contribution < -0.4 is 10.2 Å². The molecule has 0 spiro atoms. The van der Waals surface area contributed by atoms with Gasteiger partial charge in [0.25, 0.3) is 0 Å². The van der Waals surface area contributed by atoms with E-state index in [1.807, 2.05) is 18.9 Å². The third-order valence-electron chi connectivity index (χ3n) is 4.07. The minimum Gasteiger partial charge on any atom is -0.354 e. The van der Waals surface area contributed by atoms with Crippen molar-refractivity contribution in [3.63, 3.8) is 0 Å². The molecule has 0 aromatic carbocycles. The monoisotopic (exact) mass is 293 g/mol. The number of anilines is 2. The van der Waals surface area contributed by atoms with Crippen LogP contribution in [0.25, 0.3) is 0 Å². The molecule has 1 aromatic rings. The van der Waals surface area contributed by atoms with Gasteiger partial charge in [0.15, 0.2) is 0 Å². The molecule has 116 valence electrons. The fourth-order valence-electron chi connectivity index (χ4n) is 2.92. The molecular formula is C14H23N5O2. The molecule has 0 aliphatic heterocycles. The highest BCUT2D eigenvalue weighted by Gasteiger charge is 2.28. The van der Waals surface area contributed by atoms with E-state index in [4.69, 9.17) is 0 Å². The van der Waals surface area contributed by atoms with Gasteiger partial charge in [-0.3, -0.25) is 10.1 Å². The van der Waals surface area contributed by atoms with E-state index in [9.17, 15) is 10.1 Å². The third-order valence-corrected chi connectivity index (χ3v) is 4.07. The number of nitro groups is 1. The summed E-state index contributed by atoms with van der Waals surface area (Å²) in [7, 11) is 1.90. The van der Waals surface area contributed by atoms with Crippen molar-refractivity contribution in [3.8, 4) is 0 Å². The quantitative estimate of drug-likeness (QED) is 0.664. The highest BCUT2D eigenvalue weighted by Crippen LogP contribution is 2.33. The SMILES string of the molecule is CCNc1ncc([N+](=O)[O-])c(N(C)C2CCCC(C)C2)n1. The van der Waals surface area contributed by atoms with Crippen molar-refractivity contribution in [2.75, 3.05) is 23.8 Å². The number of rotatable bonds is 5. The lowest BCUT2D eigenvalue weighted by atomic mass is 9.86. The van der Waals surface area contributed by atoms with Gasteiger partial charge in [-0.2, -0.15) is 4.98 Å². The topological polar surface area (TPSA) is 84.2 Å². The van der Waals surface area contributed by atoms with Crippen molar-refractivity contribution in [3.05, 3.63) is 16.3 Å². The Balaban J connectivity index is 2.30. The Morgan fingerprint density at radius 2 is 2.29 bits per heavy atom. The van der Waals surface area contributed by atoms with Crippen molar-refractivity contribution in [2.45, 2.75) is 45.6 Å². The van der Waals surface area contributed by atoms with Crippen LogP contribution in [0.5, 0.6) is 0 Å². The predicted molar refractivity (Wildman–Crippen MR) is 82.7 cm³/mol. The van der Waals surface area contributed by atoms with Gasteiger partial charge in [0, 0.05) is 19.6 Å². The van der Waals surface area contributed by atoms with E-state index < -0.39 is 4.92 Å². The smallest absolute Gasteiger partial charge is 0.329 e. The molecule has 1 saturated carbocycles. The van der Waals surface area contributed by atoms with Gasteiger partial charge in [0.1, 0.15) is 6.20 Å². The summed E-state index contributed by atoms with van der Waals surface area (Å²) in [6.45, 7) is 4.86. The normalized spacial score (nSPS) is 21.9. The summed E-state index contributed by atoms with van der Waals surface area (Å²) in [5.41, 5.74) is -0.0302. The van der Waals surface area contributed by atoms with E-state index in [-0.39, 0.29) is 5.69 Å². The van der Waals surface area contributed by atoms with Crippen LogP contribution >= 0.6 is 0 Å². The number of hydrogen-bond donors (Lipinski definition) is 1. The molecule has 2 unspecified atom stereocenters. The Morgan fingerprint density at radius 3 is 2.90 bits per heavy atom. The average Bonchev–Trinajstić information content (AvgIpc) is 2.46. The van der Waals surface area contributed by atoms with Gasteiger partial charge in [-0.1, -0.05) is 19.8 Å². The Labute approximate surface area is 124 Å². The van der Waals surface area contributed by atoms with E-state index in [0.29, 0.717) is 30.3 Å². The zero-order chi connectivity index (χ0) is 15.4. The summed E-state index contributed by atoms with van der Waals surface area (Å²) in [5, 5.41) is 14.2. The first kappa shape index (κ1) is 15.5.